The van der Waals surface area contributed by atoms with Crippen molar-refractivity contribution in [3.8, 4) is 0 Å². The fraction of sp³-hybridized carbons (Fsp3) is 0.878. The van der Waals surface area contributed by atoms with E-state index >= 15 is 0 Å². The van der Waals surface area contributed by atoms with Crippen molar-refractivity contribution in [1.29, 1.82) is 0 Å². The molecule has 19 nitrogen and oxygen atoms in total. The van der Waals surface area contributed by atoms with Crippen LogP contribution in [-0.2, 0) is 80.9 Å². The lowest BCUT2D eigenvalue weighted by molar-refractivity contribution is -0.365. The monoisotopic (exact) mass is 1130 g/mol. The van der Waals surface area contributed by atoms with Gasteiger partial charge in [-0.25, -0.2) is 0 Å². The van der Waals surface area contributed by atoms with Crippen LogP contribution < -0.4 is 0 Å². The predicted molar refractivity (Wildman–Crippen MR) is 256 cm³/mol. The third kappa shape index (κ3) is 11.3. The number of carbonyl (C=O) groups excluding carboxylic acids is 6. The molecule has 0 bridgehead atoms. The number of hydrogen-bond acceptors (Lipinski definition) is 19. The second-order valence-corrected chi connectivity index (χ2v) is 23.0. The van der Waals surface area contributed by atoms with E-state index in [2.05, 4.69) is 27.7 Å². The molecule has 8 aliphatic rings. The largest absolute Gasteiger partial charge is 0.462 e. The van der Waals surface area contributed by atoms with Crippen molar-refractivity contribution < 1.29 is 91.1 Å². The maximum absolute atomic E-state index is 14.8. The van der Waals surface area contributed by atoms with Crippen LogP contribution in [0.1, 0.15) is 85.5 Å². The Bertz CT molecular complexity index is 2030. The number of ether oxygens (including phenoxy) is 11. The SMILES string of the molecule is C[C@@H]1CC[C@@]2(OC1)OC1C[C@H]3[C@@H]4CC[C@H]5C[C@@H](O[C@@H]6O[C@H](COC(=O)CCl)[C@@H](O[C@@H]7O[C@H](CO)[C@@H](O)[C@H](OC(=O)CCl)[C@H]7OC(=O)CCl)[C@H](OC(=O)CCl)[C@H]6OC(=O)CCl)CC[C@]5(C)[C@H]4C(=O)C[C@]3(C)C1[C@@H]2C. The maximum atomic E-state index is 14.8. The molecule has 73 heavy (non-hydrogen) atoms. The number of fused-ring (bicyclic) bond motifs is 7. The van der Waals surface area contributed by atoms with Crippen molar-refractivity contribution in [2.24, 2.45) is 52.3 Å². The van der Waals surface area contributed by atoms with Gasteiger partial charge < -0.3 is 62.3 Å². The molecule has 0 aromatic rings. The lowest BCUT2D eigenvalue weighted by Crippen LogP contribution is -2.67. The Kier molecular flexibility index (Phi) is 18.6. The molecule has 8 rings (SSSR count). The number of hydrogen-bond donors (Lipinski definition) is 2. The van der Waals surface area contributed by atoms with E-state index in [0.717, 1.165) is 32.1 Å². The van der Waals surface area contributed by atoms with Crippen LogP contribution in [0.5, 0.6) is 0 Å². The lowest BCUT2D eigenvalue weighted by atomic mass is 9.44. The zero-order valence-electron chi connectivity index (χ0n) is 41.2. The normalized spacial score (nSPS) is 45.0. The number of carbonyl (C=O) groups is 6. The molecule has 0 amide bonds. The maximum Gasteiger partial charge on any atom is 0.321 e. The second-order valence-electron chi connectivity index (χ2n) is 21.7. The minimum atomic E-state index is -1.92. The average molecular weight is 1140 g/mol. The van der Waals surface area contributed by atoms with Crippen LogP contribution in [-0.4, -0.2) is 174 Å². The summed E-state index contributed by atoms with van der Waals surface area (Å²) in [4.78, 5) is 79.2. The summed E-state index contributed by atoms with van der Waals surface area (Å²) < 4.78 is 67.0. The zero-order chi connectivity index (χ0) is 52.7. The summed E-state index contributed by atoms with van der Waals surface area (Å²) in [5, 5.41) is 21.4. The number of aliphatic hydroxyl groups excluding tert-OH is 2. The first-order valence-corrected chi connectivity index (χ1v) is 27.9. The van der Waals surface area contributed by atoms with Gasteiger partial charge in [0.15, 0.2) is 42.8 Å². The molecule has 22 atom stereocenters. The van der Waals surface area contributed by atoms with Gasteiger partial charge in [-0.15, -0.1) is 58.0 Å². The highest BCUT2D eigenvalue weighted by molar-refractivity contribution is 6.27. The Hall–Kier alpha value is -1.85. The van der Waals surface area contributed by atoms with Crippen molar-refractivity contribution >= 4 is 93.6 Å². The zero-order valence-corrected chi connectivity index (χ0v) is 45.0. The molecule has 4 heterocycles. The number of aliphatic hydroxyl groups is 2. The van der Waals surface area contributed by atoms with Gasteiger partial charge in [-0.1, -0.05) is 27.7 Å². The number of alkyl halides is 5. The highest BCUT2D eigenvalue weighted by Gasteiger charge is 2.71. The molecule has 2 N–H and O–H groups in total. The van der Waals surface area contributed by atoms with Gasteiger partial charge in [0, 0.05) is 24.7 Å². The molecule has 4 saturated carbocycles. The van der Waals surface area contributed by atoms with Gasteiger partial charge in [-0.05, 0) is 85.4 Å². The third-order valence-corrected chi connectivity index (χ3v) is 18.7. The van der Waals surface area contributed by atoms with Crippen molar-refractivity contribution in [3.05, 3.63) is 0 Å². The smallest absolute Gasteiger partial charge is 0.321 e. The Morgan fingerprint density at radius 1 is 0.685 bits per heavy atom. The number of rotatable bonds is 16. The molecule has 0 aromatic heterocycles. The average Bonchev–Trinajstić information content (AvgIpc) is 3.82. The van der Waals surface area contributed by atoms with Crippen LogP contribution in [0.25, 0.3) is 0 Å². The summed E-state index contributed by atoms with van der Waals surface area (Å²) in [6, 6.07) is 0. The lowest BCUT2D eigenvalue weighted by Gasteiger charge is -2.60. The Morgan fingerprint density at radius 3 is 1.88 bits per heavy atom. The number of halogens is 5. The molecule has 24 heteroatoms. The van der Waals surface area contributed by atoms with E-state index in [0.29, 0.717) is 49.9 Å². The molecule has 412 valence electrons. The molecule has 0 radical (unpaired) electrons. The molecule has 4 saturated heterocycles. The summed E-state index contributed by atoms with van der Waals surface area (Å²) >= 11 is 29.3. The van der Waals surface area contributed by atoms with Crippen molar-refractivity contribution in [2.75, 3.05) is 49.2 Å². The van der Waals surface area contributed by atoms with Gasteiger partial charge in [0.05, 0.1) is 25.4 Å². The summed E-state index contributed by atoms with van der Waals surface area (Å²) in [6.45, 7) is 8.14. The van der Waals surface area contributed by atoms with Crippen LogP contribution in [0, 0.1) is 52.3 Å². The van der Waals surface area contributed by atoms with E-state index in [-0.39, 0.29) is 46.5 Å². The third-order valence-electron chi connectivity index (χ3n) is 17.6. The molecular weight excluding hydrogens is 1070 g/mol. The first kappa shape index (κ1) is 57.3. The van der Waals surface area contributed by atoms with E-state index in [1.165, 1.54) is 0 Å². The fourth-order valence-electron chi connectivity index (χ4n) is 14.4. The van der Waals surface area contributed by atoms with E-state index in [1.807, 2.05) is 0 Å². The standard InChI is InChI=1S/C49H67Cl5O19/c1-22-7-10-49(64-20-22)23(2)37-29(73-49)12-27-26-6-5-24-11-25(8-9-47(24,3)38(26)28(56)13-48(27,37)4)65-45-44(71-36(61)18-54)42(69-34(59)16-52)40(31(67-45)21-63-32(57)14-50)72-46-43(70-35(60)17-53)41(68-33(58)15-51)39(62)30(19-55)66-46/h22-27,29-31,37-46,55,62H,5-21H2,1-4H3/t22-,23+,24+,25+,26+,27+,29?,30-,31-,37?,38-,39-,40-,41+,42+,43-,44-,45-,46+,47+,48+,49-/m1/s1. The molecule has 4 aliphatic carbocycles. The molecule has 1 spiro atoms. The summed E-state index contributed by atoms with van der Waals surface area (Å²) in [6.07, 6.45) is -11.2. The summed E-state index contributed by atoms with van der Waals surface area (Å²) in [5.41, 5.74) is -0.573. The molecule has 0 aromatic carbocycles. The first-order chi connectivity index (χ1) is 34.8. The molecule has 8 fully saturated rings. The Balaban J connectivity index is 1.05. The van der Waals surface area contributed by atoms with Gasteiger partial charge in [0.25, 0.3) is 0 Å². The number of ketones is 1. The highest BCUT2D eigenvalue weighted by atomic mass is 35.5. The van der Waals surface area contributed by atoms with Gasteiger partial charge in [0.2, 0.25) is 0 Å². The molecule has 4 aliphatic heterocycles. The quantitative estimate of drug-likeness (QED) is 0.0930. The minimum Gasteiger partial charge on any atom is -0.462 e. The molecular formula is C49H67Cl5O19. The van der Waals surface area contributed by atoms with Crippen LogP contribution in [0.15, 0.2) is 0 Å². The van der Waals surface area contributed by atoms with Crippen LogP contribution in [0.4, 0.5) is 0 Å². The van der Waals surface area contributed by atoms with Gasteiger partial charge in [0.1, 0.15) is 66.2 Å². The molecule has 2 unspecified atom stereocenters. The van der Waals surface area contributed by atoms with Crippen LogP contribution in [0.3, 0.4) is 0 Å². The van der Waals surface area contributed by atoms with E-state index in [4.69, 9.17) is 110 Å². The van der Waals surface area contributed by atoms with Gasteiger partial charge in [-0.2, -0.15) is 0 Å². The van der Waals surface area contributed by atoms with Crippen molar-refractivity contribution in [1.82, 2.24) is 0 Å². The van der Waals surface area contributed by atoms with E-state index in [1.54, 1.807) is 0 Å². The van der Waals surface area contributed by atoms with Gasteiger partial charge >= 0.3 is 29.8 Å². The highest BCUT2D eigenvalue weighted by Crippen LogP contribution is 2.70. The minimum absolute atomic E-state index is 0.0314. The predicted octanol–water partition coefficient (Wildman–Crippen LogP) is 4.57. The topological polar surface area (TPSA) is 244 Å². The van der Waals surface area contributed by atoms with Crippen LogP contribution >= 0.6 is 58.0 Å². The second kappa shape index (κ2) is 23.6. The number of Topliss-reactive ketones (excluding diaryl/α,β-unsaturated/α-hetero) is 1. The van der Waals surface area contributed by atoms with Crippen molar-refractivity contribution in [2.45, 2.75) is 165 Å². The summed E-state index contributed by atoms with van der Waals surface area (Å²) in [7, 11) is 0. The Morgan fingerprint density at radius 2 is 1.27 bits per heavy atom. The Labute approximate surface area is 449 Å². The number of esters is 5. The van der Waals surface area contributed by atoms with Crippen molar-refractivity contribution in [3.63, 3.8) is 0 Å². The van der Waals surface area contributed by atoms with E-state index in [9.17, 15) is 39.0 Å². The first-order valence-electron chi connectivity index (χ1n) is 25.3. The van der Waals surface area contributed by atoms with Crippen LogP contribution in [0.2, 0.25) is 0 Å². The van der Waals surface area contributed by atoms with Gasteiger partial charge in [-0.3, -0.25) is 28.8 Å². The van der Waals surface area contributed by atoms with E-state index < -0.39 is 146 Å². The fourth-order valence-corrected chi connectivity index (χ4v) is 14.8. The summed E-state index contributed by atoms with van der Waals surface area (Å²) in [5.74, 6) is -7.54.